The number of nitrogens with two attached hydrogens (primary N) is 1. The average molecular weight is 210 g/mol. The van der Waals surface area contributed by atoms with Crippen LogP contribution in [0.2, 0.25) is 0 Å². The highest BCUT2D eigenvalue weighted by molar-refractivity contribution is 5.88. The number of pyridine rings is 1. The molecule has 0 unspecified atom stereocenters. The van der Waals surface area contributed by atoms with Crippen molar-refractivity contribution < 1.29 is 9.53 Å². The van der Waals surface area contributed by atoms with Gasteiger partial charge >= 0.3 is 5.97 Å². The minimum absolute atomic E-state index is 0.143. The Labute approximate surface area is 87.5 Å². The number of rotatable bonds is 3. The van der Waals surface area contributed by atoms with E-state index in [1.807, 2.05) is 0 Å². The largest absolute Gasteiger partial charge is 0.465 e. The van der Waals surface area contributed by atoms with Crippen LogP contribution in [0.4, 0.5) is 0 Å². The molecule has 1 aromatic rings. The van der Waals surface area contributed by atoms with E-state index in [1.54, 1.807) is 6.92 Å². The lowest BCUT2D eigenvalue weighted by Crippen LogP contribution is -2.29. The first-order valence-electron chi connectivity index (χ1n) is 4.59. The lowest BCUT2D eigenvalue weighted by Gasteiger charge is -2.09. The maximum Gasteiger partial charge on any atom is 0.339 e. The Bertz CT molecular complexity index is 409. The highest BCUT2D eigenvalue weighted by atomic mass is 16.5. The Morgan fingerprint density at radius 1 is 1.60 bits per heavy atom. The van der Waals surface area contributed by atoms with Gasteiger partial charge in [-0.25, -0.2) is 4.79 Å². The Hall–Kier alpha value is -1.62. The second-order valence-corrected chi connectivity index (χ2v) is 3.38. The monoisotopic (exact) mass is 210 g/mol. The van der Waals surface area contributed by atoms with Crippen molar-refractivity contribution in [3.8, 4) is 0 Å². The molecule has 2 N–H and O–H groups in total. The summed E-state index contributed by atoms with van der Waals surface area (Å²) in [6.45, 7) is 2.17. The molecule has 0 aliphatic carbocycles. The smallest absolute Gasteiger partial charge is 0.339 e. The zero-order chi connectivity index (χ0) is 11.4. The fourth-order valence-electron chi connectivity index (χ4n) is 1.22. The number of nitrogens with zero attached hydrogens (tertiary/aromatic N) is 1. The van der Waals surface area contributed by atoms with Gasteiger partial charge in [0.05, 0.1) is 12.7 Å². The minimum Gasteiger partial charge on any atom is -0.465 e. The van der Waals surface area contributed by atoms with Crippen LogP contribution in [0, 0.1) is 0 Å². The Morgan fingerprint density at radius 3 is 2.80 bits per heavy atom. The summed E-state index contributed by atoms with van der Waals surface area (Å²) in [6, 6.07) is 2.62. The molecule has 0 bridgehead atoms. The highest BCUT2D eigenvalue weighted by Crippen LogP contribution is 1.98. The molecule has 5 heteroatoms. The van der Waals surface area contributed by atoms with Crippen LogP contribution in [0.5, 0.6) is 0 Å². The number of carbonyl (C=O) groups excluding carboxylic acids is 1. The van der Waals surface area contributed by atoms with E-state index in [2.05, 4.69) is 4.74 Å². The van der Waals surface area contributed by atoms with Crippen LogP contribution in [-0.2, 0) is 11.3 Å². The quantitative estimate of drug-likeness (QED) is 0.711. The summed E-state index contributed by atoms with van der Waals surface area (Å²) in [4.78, 5) is 22.6. The third-order valence-electron chi connectivity index (χ3n) is 1.89. The van der Waals surface area contributed by atoms with Crippen LogP contribution >= 0.6 is 0 Å². The molecule has 1 rings (SSSR count). The second-order valence-electron chi connectivity index (χ2n) is 3.38. The Balaban J connectivity index is 3.05. The lowest BCUT2D eigenvalue weighted by atomic mass is 10.2. The zero-order valence-electron chi connectivity index (χ0n) is 8.77. The Morgan fingerprint density at radius 2 is 2.27 bits per heavy atom. The van der Waals surface area contributed by atoms with Gasteiger partial charge in [-0.05, 0) is 13.0 Å². The molecule has 15 heavy (non-hydrogen) atoms. The van der Waals surface area contributed by atoms with Crippen LogP contribution in [-0.4, -0.2) is 23.7 Å². The lowest BCUT2D eigenvalue weighted by molar-refractivity contribution is 0.0599. The maximum absolute atomic E-state index is 11.4. The summed E-state index contributed by atoms with van der Waals surface area (Å²) in [5.41, 5.74) is 5.74. The molecule has 5 nitrogen and oxygen atoms in total. The van der Waals surface area contributed by atoms with E-state index in [-0.39, 0.29) is 11.6 Å². The second kappa shape index (κ2) is 4.75. The van der Waals surface area contributed by atoms with Gasteiger partial charge in [0.15, 0.2) is 0 Å². The first kappa shape index (κ1) is 11.5. The van der Waals surface area contributed by atoms with E-state index in [0.717, 1.165) is 0 Å². The first-order chi connectivity index (χ1) is 7.04. The van der Waals surface area contributed by atoms with Gasteiger partial charge in [-0.2, -0.15) is 0 Å². The molecular formula is C10H14N2O3. The number of aromatic nitrogens is 1. The van der Waals surface area contributed by atoms with Crippen LogP contribution in [0.3, 0.4) is 0 Å². The van der Waals surface area contributed by atoms with E-state index in [9.17, 15) is 9.59 Å². The molecule has 0 aromatic carbocycles. The average Bonchev–Trinajstić information content (AvgIpc) is 2.19. The van der Waals surface area contributed by atoms with Gasteiger partial charge in [-0.15, -0.1) is 0 Å². The molecule has 1 aromatic heterocycles. The van der Waals surface area contributed by atoms with E-state index >= 15 is 0 Å². The van der Waals surface area contributed by atoms with Gasteiger partial charge in [-0.3, -0.25) is 4.79 Å². The van der Waals surface area contributed by atoms with Crippen LogP contribution in [0.15, 0.2) is 23.1 Å². The summed E-state index contributed by atoms with van der Waals surface area (Å²) in [6.07, 6.45) is 1.46. The summed E-state index contributed by atoms with van der Waals surface area (Å²) < 4.78 is 5.95. The predicted octanol–water partition coefficient (Wildman–Crippen LogP) is -0.0179. The topological polar surface area (TPSA) is 74.3 Å². The van der Waals surface area contributed by atoms with Crippen molar-refractivity contribution in [1.82, 2.24) is 4.57 Å². The molecule has 0 spiro atoms. The highest BCUT2D eigenvalue weighted by Gasteiger charge is 2.07. The molecule has 0 aliphatic rings. The van der Waals surface area contributed by atoms with Gasteiger partial charge in [-0.1, -0.05) is 0 Å². The summed E-state index contributed by atoms with van der Waals surface area (Å²) in [7, 11) is 1.29. The van der Waals surface area contributed by atoms with E-state index in [1.165, 1.54) is 30.0 Å². The fourth-order valence-corrected chi connectivity index (χ4v) is 1.22. The third kappa shape index (κ3) is 2.92. The molecule has 0 radical (unpaired) electrons. The van der Waals surface area contributed by atoms with Crippen molar-refractivity contribution in [3.05, 3.63) is 34.2 Å². The molecule has 0 fully saturated rings. The first-order valence-corrected chi connectivity index (χ1v) is 4.59. The molecule has 1 atom stereocenters. The van der Waals surface area contributed by atoms with Gasteiger partial charge in [0, 0.05) is 24.8 Å². The number of ether oxygens (including phenoxy) is 1. The number of hydrogen-bond donors (Lipinski definition) is 1. The molecule has 82 valence electrons. The maximum atomic E-state index is 11.4. The van der Waals surface area contributed by atoms with Crippen molar-refractivity contribution in [2.75, 3.05) is 7.11 Å². The van der Waals surface area contributed by atoms with Gasteiger partial charge in [0.2, 0.25) is 0 Å². The summed E-state index contributed by atoms with van der Waals surface area (Å²) in [5.74, 6) is -0.464. The predicted molar refractivity (Wildman–Crippen MR) is 55.7 cm³/mol. The van der Waals surface area contributed by atoms with Gasteiger partial charge < -0.3 is 15.0 Å². The Kier molecular flexibility index (Phi) is 3.62. The number of esters is 1. The number of carbonyl (C=O) groups is 1. The van der Waals surface area contributed by atoms with Crippen LogP contribution in [0.25, 0.3) is 0 Å². The van der Waals surface area contributed by atoms with E-state index in [4.69, 9.17) is 5.73 Å². The van der Waals surface area contributed by atoms with E-state index in [0.29, 0.717) is 12.1 Å². The fraction of sp³-hybridized carbons (Fsp3) is 0.400. The van der Waals surface area contributed by atoms with Crippen LogP contribution < -0.4 is 11.3 Å². The molecular weight excluding hydrogens is 196 g/mol. The zero-order valence-corrected chi connectivity index (χ0v) is 8.77. The minimum atomic E-state index is -0.464. The third-order valence-corrected chi connectivity index (χ3v) is 1.89. The van der Waals surface area contributed by atoms with Gasteiger partial charge in [0.1, 0.15) is 0 Å². The standard InChI is InChI=1S/C10H14N2O3/c1-7(11)5-12-6-8(10(14)15-2)3-4-9(12)13/h3-4,6-7H,5,11H2,1-2H3/t7-/m0/s1. The van der Waals surface area contributed by atoms with Crippen molar-refractivity contribution >= 4 is 5.97 Å². The number of hydrogen-bond acceptors (Lipinski definition) is 4. The molecule has 0 aliphatic heterocycles. The van der Waals surface area contributed by atoms with Crippen molar-refractivity contribution in [2.45, 2.75) is 19.5 Å². The van der Waals surface area contributed by atoms with Gasteiger partial charge in [0.25, 0.3) is 5.56 Å². The molecule has 0 saturated heterocycles. The van der Waals surface area contributed by atoms with E-state index < -0.39 is 5.97 Å². The normalized spacial score (nSPS) is 12.2. The molecule has 0 saturated carbocycles. The summed E-state index contributed by atoms with van der Waals surface area (Å²) >= 11 is 0. The van der Waals surface area contributed by atoms with Crippen LogP contribution in [0.1, 0.15) is 17.3 Å². The molecule has 0 amide bonds. The van der Waals surface area contributed by atoms with Crippen molar-refractivity contribution in [2.24, 2.45) is 5.73 Å². The SMILES string of the molecule is COC(=O)c1ccc(=O)n(C[C@H](C)N)c1. The van der Waals surface area contributed by atoms with Crippen molar-refractivity contribution in [3.63, 3.8) is 0 Å². The van der Waals surface area contributed by atoms with Crippen molar-refractivity contribution in [1.29, 1.82) is 0 Å². The summed E-state index contributed by atoms with van der Waals surface area (Å²) in [5, 5.41) is 0. The molecule has 1 heterocycles. The number of methoxy groups -OCH3 is 1.